The van der Waals surface area contributed by atoms with E-state index in [1.807, 2.05) is 0 Å². The number of hydrogen-bond acceptors (Lipinski definition) is 4. The van der Waals surface area contributed by atoms with Crippen LogP contribution in [0.1, 0.15) is 19.3 Å². The molecule has 0 bridgehead atoms. The molecule has 1 aliphatic rings. The molecule has 8 heteroatoms. The average Bonchev–Trinajstić information content (AvgIpc) is 2.33. The molecule has 1 fully saturated rings. The van der Waals surface area contributed by atoms with E-state index in [1.165, 1.54) is 0 Å². The summed E-state index contributed by atoms with van der Waals surface area (Å²) in [5.74, 6) is 0. The number of H-pyrrole nitrogens is 1. The van der Waals surface area contributed by atoms with Crippen LogP contribution >= 0.6 is 11.6 Å². The quantitative estimate of drug-likeness (QED) is 0.859. The molecule has 2 rings (SSSR count). The maximum atomic E-state index is 12.0. The molecule has 1 saturated heterocycles. The lowest BCUT2D eigenvalue weighted by atomic mass is 10.2. The zero-order valence-electron chi connectivity index (χ0n) is 9.65. The summed E-state index contributed by atoms with van der Waals surface area (Å²) in [6, 6.07) is 1.15. The Morgan fingerprint density at radius 1 is 1.28 bits per heavy atom. The van der Waals surface area contributed by atoms with Crippen LogP contribution in [0.3, 0.4) is 0 Å². The fraction of sp³-hybridized carbons (Fsp3) is 0.500. The number of aromatic amines is 1. The topological polar surface area (TPSA) is 82.3 Å². The van der Waals surface area contributed by atoms with Crippen molar-refractivity contribution in [1.29, 1.82) is 0 Å². The third-order valence-electron chi connectivity index (χ3n) is 2.75. The van der Waals surface area contributed by atoms with Gasteiger partial charge in [-0.15, -0.1) is 4.83 Å². The highest BCUT2D eigenvalue weighted by Gasteiger charge is 2.20. The van der Waals surface area contributed by atoms with Gasteiger partial charge in [0.1, 0.15) is 9.92 Å². The number of hydrazine groups is 1. The fourth-order valence-electron chi connectivity index (χ4n) is 1.80. The fourth-order valence-corrected chi connectivity index (χ4v) is 3.15. The van der Waals surface area contributed by atoms with Gasteiger partial charge in [0.2, 0.25) is 0 Å². The Labute approximate surface area is 110 Å². The van der Waals surface area contributed by atoms with Gasteiger partial charge in [-0.05, 0) is 18.9 Å². The predicted octanol–water partition coefficient (Wildman–Crippen LogP) is 0.707. The van der Waals surface area contributed by atoms with Crippen LogP contribution in [0.4, 0.5) is 0 Å². The molecule has 18 heavy (non-hydrogen) atoms. The van der Waals surface area contributed by atoms with Gasteiger partial charge >= 0.3 is 0 Å². The molecule has 0 amide bonds. The van der Waals surface area contributed by atoms with Crippen molar-refractivity contribution in [2.24, 2.45) is 0 Å². The second kappa shape index (κ2) is 5.40. The van der Waals surface area contributed by atoms with Crippen LogP contribution in [0.2, 0.25) is 5.02 Å². The maximum absolute atomic E-state index is 12.0. The molecule has 1 aromatic rings. The number of pyridine rings is 1. The molecule has 6 nitrogen and oxygen atoms in total. The van der Waals surface area contributed by atoms with Crippen LogP contribution < -0.4 is 10.4 Å². The molecule has 1 aromatic heterocycles. The van der Waals surface area contributed by atoms with Crippen LogP contribution in [-0.2, 0) is 10.0 Å². The lowest BCUT2D eigenvalue weighted by molar-refractivity contribution is 0.200. The monoisotopic (exact) mass is 291 g/mol. The van der Waals surface area contributed by atoms with E-state index in [1.54, 1.807) is 5.01 Å². The molecule has 0 saturated carbocycles. The van der Waals surface area contributed by atoms with Crippen LogP contribution in [0, 0.1) is 0 Å². The van der Waals surface area contributed by atoms with Gasteiger partial charge in [0.15, 0.2) is 0 Å². The van der Waals surface area contributed by atoms with E-state index in [9.17, 15) is 13.2 Å². The number of sulfonamides is 1. The van der Waals surface area contributed by atoms with Crippen molar-refractivity contribution < 1.29 is 8.42 Å². The van der Waals surface area contributed by atoms with Crippen molar-refractivity contribution >= 4 is 21.6 Å². The number of rotatable bonds is 3. The van der Waals surface area contributed by atoms with Crippen LogP contribution in [0.15, 0.2) is 22.0 Å². The van der Waals surface area contributed by atoms with Crippen molar-refractivity contribution in [2.75, 3.05) is 13.1 Å². The first-order valence-corrected chi connectivity index (χ1v) is 7.51. The van der Waals surface area contributed by atoms with Crippen LogP contribution in [-0.4, -0.2) is 31.5 Å². The van der Waals surface area contributed by atoms with E-state index in [2.05, 4.69) is 9.82 Å². The Hall–Kier alpha value is -0.890. The molecular formula is C10H14ClN3O3S. The van der Waals surface area contributed by atoms with Gasteiger partial charge in [-0.3, -0.25) is 4.79 Å². The Morgan fingerprint density at radius 3 is 2.56 bits per heavy atom. The molecule has 100 valence electrons. The molecule has 0 unspecified atom stereocenters. The van der Waals surface area contributed by atoms with E-state index in [-0.39, 0.29) is 9.92 Å². The minimum absolute atomic E-state index is 0.0438. The molecule has 2 heterocycles. The Bertz CT molecular complexity index is 578. The van der Waals surface area contributed by atoms with Gasteiger partial charge in [0, 0.05) is 19.3 Å². The van der Waals surface area contributed by atoms with Gasteiger partial charge in [0.25, 0.3) is 15.6 Å². The van der Waals surface area contributed by atoms with Crippen molar-refractivity contribution in [3.05, 3.63) is 27.6 Å². The molecule has 2 N–H and O–H groups in total. The predicted molar refractivity (Wildman–Crippen MR) is 67.8 cm³/mol. The normalized spacial score (nSPS) is 17.8. The maximum Gasteiger partial charge on any atom is 0.266 e. The standard InChI is InChI=1S/C10H14ClN3O3S/c11-9-6-8(7-12-10(9)15)18(16,17)13-14-4-2-1-3-5-14/h6-7,13H,1-5H2,(H,12,15). The summed E-state index contributed by atoms with van der Waals surface area (Å²) in [6.07, 6.45) is 4.19. The molecule has 1 aliphatic heterocycles. The number of nitrogens with zero attached hydrogens (tertiary/aromatic N) is 1. The van der Waals surface area contributed by atoms with Gasteiger partial charge in [-0.2, -0.15) is 0 Å². The van der Waals surface area contributed by atoms with E-state index in [0.717, 1.165) is 31.5 Å². The van der Waals surface area contributed by atoms with E-state index >= 15 is 0 Å². The largest absolute Gasteiger partial charge is 0.326 e. The zero-order chi connectivity index (χ0) is 13.2. The molecule has 0 atom stereocenters. The van der Waals surface area contributed by atoms with E-state index < -0.39 is 15.6 Å². The molecule has 0 radical (unpaired) electrons. The van der Waals surface area contributed by atoms with Crippen LogP contribution in [0.25, 0.3) is 0 Å². The van der Waals surface area contributed by atoms with Gasteiger partial charge in [-0.1, -0.05) is 18.0 Å². The van der Waals surface area contributed by atoms with Gasteiger partial charge < -0.3 is 4.98 Å². The van der Waals surface area contributed by atoms with Crippen molar-refractivity contribution in [3.63, 3.8) is 0 Å². The Kier molecular flexibility index (Phi) is 4.06. The van der Waals surface area contributed by atoms with Crippen LogP contribution in [0.5, 0.6) is 0 Å². The SMILES string of the molecule is O=c1[nH]cc(S(=O)(=O)NN2CCCCC2)cc1Cl. The highest BCUT2D eigenvalue weighted by Crippen LogP contribution is 2.13. The third-order valence-corrected chi connectivity index (χ3v) is 4.38. The van der Waals surface area contributed by atoms with E-state index in [4.69, 9.17) is 11.6 Å². The minimum atomic E-state index is -3.68. The second-order valence-corrected chi connectivity index (χ2v) is 6.22. The number of hydrogen-bond donors (Lipinski definition) is 2. The van der Waals surface area contributed by atoms with Crippen molar-refractivity contribution in [2.45, 2.75) is 24.2 Å². The lowest BCUT2D eigenvalue weighted by Gasteiger charge is -2.26. The second-order valence-electron chi connectivity index (χ2n) is 4.15. The first-order valence-electron chi connectivity index (χ1n) is 5.65. The number of aromatic nitrogens is 1. The summed E-state index contributed by atoms with van der Waals surface area (Å²) in [5.41, 5.74) is -0.506. The number of halogens is 1. The first kappa shape index (κ1) is 13.5. The smallest absolute Gasteiger partial charge is 0.266 e. The minimum Gasteiger partial charge on any atom is -0.326 e. The summed E-state index contributed by atoms with van der Waals surface area (Å²) in [6.45, 7) is 1.38. The Morgan fingerprint density at radius 2 is 1.94 bits per heavy atom. The summed E-state index contributed by atoms with van der Waals surface area (Å²) in [4.78, 5) is 15.8. The number of piperidine rings is 1. The summed E-state index contributed by atoms with van der Waals surface area (Å²) < 4.78 is 24.1. The van der Waals surface area contributed by atoms with Gasteiger partial charge in [-0.25, -0.2) is 13.4 Å². The molecule has 0 spiro atoms. The number of nitrogens with one attached hydrogen (secondary N) is 2. The highest BCUT2D eigenvalue weighted by atomic mass is 35.5. The molecule has 0 aromatic carbocycles. The molecule has 0 aliphatic carbocycles. The summed E-state index contributed by atoms with van der Waals surface area (Å²) in [7, 11) is -3.68. The highest BCUT2D eigenvalue weighted by molar-refractivity contribution is 7.89. The van der Waals surface area contributed by atoms with E-state index in [0.29, 0.717) is 13.1 Å². The van der Waals surface area contributed by atoms with Crippen molar-refractivity contribution in [1.82, 2.24) is 14.8 Å². The zero-order valence-corrected chi connectivity index (χ0v) is 11.2. The van der Waals surface area contributed by atoms with Crippen molar-refractivity contribution in [3.8, 4) is 0 Å². The first-order chi connectivity index (χ1) is 8.49. The summed E-state index contributed by atoms with van der Waals surface area (Å²) >= 11 is 5.61. The third kappa shape index (κ3) is 3.11. The summed E-state index contributed by atoms with van der Waals surface area (Å²) in [5, 5.41) is 1.52. The van der Waals surface area contributed by atoms with Gasteiger partial charge in [0.05, 0.1) is 0 Å². The lowest BCUT2D eigenvalue weighted by Crippen LogP contribution is -2.45. The molecular weight excluding hydrogens is 278 g/mol. The Balaban J connectivity index is 2.19. The average molecular weight is 292 g/mol.